The minimum Gasteiger partial charge on any atom is -0.492 e. The summed E-state index contributed by atoms with van der Waals surface area (Å²) >= 11 is 0. The molecule has 3 aromatic carbocycles. The summed E-state index contributed by atoms with van der Waals surface area (Å²) in [6, 6.07) is 18.0. The van der Waals surface area contributed by atoms with Crippen LogP contribution in [-0.2, 0) is 27.2 Å². The summed E-state index contributed by atoms with van der Waals surface area (Å²) in [6.07, 6.45) is -3.32. The molecule has 0 radical (unpaired) electrons. The Kier molecular flexibility index (Phi) is 7.80. The van der Waals surface area contributed by atoms with Gasteiger partial charge in [-0.3, -0.25) is 0 Å². The van der Waals surface area contributed by atoms with Crippen LogP contribution in [0.15, 0.2) is 77.8 Å². The van der Waals surface area contributed by atoms with Crippen LogP contribution in [0.3, 0.4) is 0 Å². The molecule has 40 heavy (non-hydrogen) atoms. The first-order valence-corrected chi connectivity index (χ1v) is 14.0. The third kappa shape index (κ3) is 6.53. The molecule has 0 spiro atoms. The molecule has 0 bridgehead atoms. The SMILES string of the molecule is CC(C)(Oc1cc(OCCc2ccc(-c3ccc(C(F)(F)F)cc3)nc2S(C)(=O)=O)c2ccccc2c1)C(=O)O. The summed E-state index contributed by atoms with van der Waals surface area (Å²) in [7, 11) is -3.78. The molecule has 0 aliphatic carbocycles. The van der Waals surface area contributed by atoms with E-state index in [0.29, 0.717) is 22.6 Å². The van der Waals surface area contributed by atoms with Crippen molar-refractivity contribution in [3.63, 3.8) is 0 Å². The van der Waals surface area contributed by atoms with Crippen LogP contribution in [0.25, 0.3) is 22.0 Å². The maximum absolute atomic E-state index is 12.9. The predicted molar refractivity (Wildman–Crippen MR) is 143 cm³/mol. The molecule has 11 heteroatoms. The van der Waals surface area contributed by atoms with Gasteiger partial charge in [-0.1, -0.05) is 42.5 Å². The summed E-state index contributed by atoms with van der Waals surface area (Å²) in [6.45, 7) is 2.91. The second kappa shape index (κ2) is 10.8. The van der Waals surface area contributed by atoms with E-state index in [4.69, 9.17) is 9.47 Å². The first-order valence-electron chi connectivity index (χ1n) is 12.1. The highest BCUT2D eigenvalue weighted by molar-refractivity contribution is 7.90. The van der Waals surface area contributed by atoms with E-state index < -0.39 is 33.1 Å². The number of carboxylic acids is 1. The highest BCUT2D eigenvalue weighted by Gasteiger charge is 2.31. The van der Waals surface area contributed by atoms with Crippen LogP contribution in [0.2, 0.25) is 0 Å². The molecule has 0 unspecified atom stereocenters. The first-order chi connectivity index (χ1) is 18.6. The summed E-state index contributed by atoms with van der Waals surface area (Å²) < 4.78 is 75.5. The van der Waals surface area contributed by atoms with E-state index in [1.807, 2.05) is 24.3 Å². The fourth-order valence-electron chi connectivity index (χ4n) is 4.01. The van der Waals surface area contributed by atoms with Gasteiger partial charge in [-0.15, -0.1) is 0 Å². The van der Waals surface area contributed by atoms with Crippen LogP contribution in [0.1, 0.15) is 25.0 Å². The monoisotopic (exact) mass is 573 g/mol. The number of sulfone groups is 1. The van der Waals surface area contributed by atoms with E-state index in [9.17, 15) is 31.5 Å². The summed E-state index contributed by atoms with van der Waals surface area (Å²) in [5.41, 5.74) is -1.36. The zero-order valence-corrected chi connectivity index (χ0v) is 22.6. The summed E-state index contributed by atoms with van der Waals surface area (Å²) in [5.74, 6) is -0.423. The topological polar surface area (TPSA) is 103 Å². The molecule has 1 N–H and O–H groups in total. The Balaban J connectivity index is 1.59. The Morgan fingerprint density at radius 2 is 1.65 bits per heavy atom. The Labute approximate surface area is 229 Å². The standard InChI is InChI=1S/C29H26F3NO6S/c1-28(2,27(34)35)39-22-16-20-6-4-5-7-23(20)25(17-22)38-15-14-19-10-13-24(33-26(19)40(3,36)37)18-8-11-21(12-9-18)29(30,31)32/h4-13,16-17H,14-15H2,1-3H3,(H,34,35). The van der Waals surface area contributed by atoms with Gasteiger partial charge in [0.05, 0.1) is 17.9 Å². The minimum absolute atomic E-state index is 0.0552. The van der Waals surface area contributed by atoms with Crippen molar-refractivity contribution in [2.24, 2.45) is 0 Å². The third-order valence-corrected chi connectivity index (χ3v) is 7.17. The Bertz CT molecular complexity index is 1670. The number of aliphatic carboxylic acids is 1. The molecular weight excluding hydrogens is 547 g/mol. The van der Waals surface area contributed by atoms with Gasteiger partial charge in [0.25, 0.3) is 0 Å². The molecular formula is C29H26F3NO6S. The highest BCUT2D eigenvalue weighted by Crippen LogP contribution is 2.34. The average molecular weight is 574 g/mol. The van der Waals surface area contributed by atoms with Gasteiger partial charge in [0.2, 0.25) is 0 Å². The molecule has 0 fully saturated rings. The normalized spacial score (nSPS) is 12.3. The maximum Gasteiger partial charge on any atom is 0.416 e. The minimum atomic E-state index is -4.49. The smallest absolute Gasteiger partial charge is 0.416 e. The second-order valence-electron chi connectivity index (χ2n) is 9.67. The number of pyridine rings is 1. The van der Waals surface area contributed by atoms with Crippen molar-refractivity contribution in [1.29, 1.82) is 0 Å². The van der Waals surface area contributed by atoms with Gasteiger partial charge in [0.15, 0.2) is 20.5 Å². The quantitative estimate of drug-likeness (QED) is 0.255. The van der Waals surface area contributed by atoms with Gasteiger partial charge in [0.1, 0.15) is 11.5 Å². The lowest BCUT2D eigenvalue weighted by Gasteiger charge is -2.22. The van der Waals surface area contributed by atoms with E-state index >= 15 is 0 Å². The van der Waals surface area contributed by atoms with Crippen molar-refractivity contribution in [3.05, 3.63) is 83.9 Å². The predicted octanol–water partition coefficient (Wildman–Crippen LogP) is 6.19. The van der Waals surface area contributed by atoms with Crippen LogP contribution < -0.4 is 9.47 Å². The number of halogens is 3. The number of aromatic nitrogens is 1. The van der Waals surface area contributed by atoms with E-state index in [1.165, 1.54) is 26.0 Å². The number of carbonyl (C=O) groups is 1. The third-order valence-electron chi connectivity index (χ3n) is 6.11. The largest absolute Gasteiger partial charge is 0.492 e. The number of fused-ring (bicyclic) bond motifs is 1. The molecule has 1 aromatic heterocycles. The maximum atomic E-state index is 12.9. The first kappa shape index (κ1) is 28.9. The Hall–Kier alpha value is -4.12. The lowest BCUT2D eigenvalue weighted by atomic mass is 10.1. The highest BCUT2D eigenvalue weighted by atomic mass is 32.2. The lowest BCUT2D eigenvalue weighted by molar-refractivity contribution is -0.152. The van der Waals surface area contributed by atoms with Gasteiger partial charge < -0.3 is 14.6 Å². The number of hydrogen-bond acceptors (Lipinski definition) is 6. The summed E-state index contributed by atoms with van der Waals surface area (Å²) in [4.78, 5) is 15.8. The number of benzene rings is 3. The number of nitrogens with zero attached hydrogens (tertiary/aromatic N) is 1. The molecule has 0 amide bonds. The van der Waals surface area contributed by atoms with Gasteiger partial charge >= 0.3 is 12.1 Å². The van der Waals surface area contributed by atoms with Gasteiger partial charge in [-0.05, 0) is 49.1 Å². The summed E-state index contributed by atoms with van der Waals surface area (Å²) in [5, 5.41) is 10.7. The molecule has 1 heterocycles. The van der Waals surface area contributed by atoms with E-state index in [2.05, 4.69) is 4.98 Å². The molecule has 0 saturated carbocycles. The van der Waals surface area contributed by atoms with E-state index in [1.54, 1.807) is 24.3 Å². The lowest BCUT2D eigenvalue weighted by Crippen LogP contribution is -2.37. The van der Waals surface area contributed by atoms with Crippen LogP contribution in [-0.4, -0.2) is 42.9 Å². The van der Waals surface area contributed by atoms with Gasteiger partial charge in [-0.25, -0.2) is 18.2 Å². The van der Waals surface area contributed by atoms with E-state index in [-0.39, 0.29) is 23.7 Å². The molecule has 4 rings (SSSR count). The number of alkyl halides is 3. The molecule has 0 aliphatic heterocycles. The average Bonchev–Trinajstić information content (AvgIpc) is 2.87. The van der Waals surface area contributed by atoms with Crippen molar-refractivity contribution in [2.45, 2.75) is 37.1 Å². The molecule has 0 aliphatic rings. The van der Waals surface area contributed by atoms with Crippen molar-refractivity contribution in [3.8, 4) is 22.8 Å². The van der Waals surface area contributed by atoms with Gasteiger partial charge in [0, 0.05) is 29.7 Å². The fraction of sp³-hybridized carbons (Fsp3) is 0.241. The Morgan fingerprint density at radius 3 is 2.27 bits per heavy atom. The zero-order valence-electron chi connectivity index (χ0n) is 21.8. The number of hydrogen-bond donors (Lipinski definition) is 1. The zero-order chi connectivity index (χ0) is 29.3. The number of ether oxygens (including phenoxy) is 2. The Morgan fingerprint density at radius 1 is 0.975 bits per heavy atom. The van der Waals surface area contributed by atoms with Crippen molar-refractivity contribution < 1.29 is 41.0 Å². The number of carboxylic acid groups (broad SMARTS) is 1. The number of rotatable bonds is 9. The molecule has 210 valence electrons. The van der Waals surface area contributed by atoms with E-state index in [0.717, 1.165) is 29.2 Å². The molecule has 0 saturated heterocycles. The van der Waals surface area contributed by atoms with Crippen molar-refractivity contribution in [1.82, 2.24) is 4.98 Å². The van der Waals surface area contributed by atoms with Crippen LogP contribution in [0, 0.1) is 0 Å². The molecule has 0 atom stereocenters. The van der Waals surface area contributed by atoms with Crippen LogP contribution >= 0.6 is 0 Å². The molecule has 7 nitrogen and oxygen atoms in total. The van der Waals surface area contributed by atoms with Gasteiger partial charge in [-0.2, -0.15) is 13.2 Å². The van der Waals surface area contributed by atoms with Crippen molar-refractivity contribution >= 4 is 26.6 Å². The van der Waals surface area contributed by atoms with Crippen molar-refractivity contribution in [2.75, 3.05) is 12.9 Å². The fourth-order valence-corrected chi connectivity index (χ4v) is 4.92. The molecule has 4 aromatic rings. The van der Waals surface area contributed by atoms with Crippen LogP contribution in [0.5, 0.6) is 11.5 Å². The second-order valence-corrected chi connectivity index (χ2v) is 11.6. The van der Waals surface area contributed by atoms with Crippen LogP contribution in [0.4, 0.5) is 13.2 Å².